The zero-order valence-electron chi connectivity index (χ0n) is 8.44. The minimum Gasteiger partial charge on any atom is -0.0845 e. The molecule has 64 valence electrons. The van der Waals surface area contributed by atoms with Crippen molar-refractivity contribution in [3.8, 4) is 0 Å². The van der Waals surface area contributed by atoms with E-state index in [1.54, 1.807) is 0 Å². The van der Waals surface area contributed by atoms with Crippen LogP contribution in [0.2, 0.25) is 0 Å². The molecule has 0 spiro atoms. The van der Waals surface area contributed by atoms with Crippen LogP contribution < -0.4 is 0 Å². The zero-order valence-corrected chi connectivity index (χ0v) is 8.44. The SMILES string of the molecule is C/C=C(C)\C(=C/C(C)C)CC. The van der Waals surface area contributed by atoms with Gasteiger partial charge in [-0.25, -0.2) is 0 Å². The number of allylic oxidation sites excluding steroid dienone is 4. The Kier molecular flexibility index (Phi) is 4.93. The molecule has 0 atom stereocenters. The van der Waals surface area contributed by atoms with Crippen molar-refractivity contribution in [1.82, 2.24) is 0 Å². The molecule has 0 heterocycles. The van der Waals surface area contributed by atoms with Crippen molar-refractivity contribution in [2.24, 2.45) is 5.92 Å². The monoisotopic (exact) mass is 152 g/mol. The lowest BCUT2D eigenvalue weighted by Gasteiger charge is -2.06. The van der Waals surface area contributed by atoms with Crippen LogP contribution in [0.25, 0.3) is 0 Å². The highest BCUT2D eigenvalue weighted by Crippen LogP contribution is 2.15. The van der Waals surface area contributed by atoms with Crippen molar-refractivity contribution in [3.05, 3.63) is 23.3 Å². The molecule has 0 saturated heterocycles. The van der Waals surface area contributed by atoms with Crippen LogP contribution in [0.15, 0.2) is 23.3 Å². The third-order valence-electron chi connectivity index (χ3n) is 1.85. The molecule has 0 aromatic rings. The van der Waals surface area contributed by atoms with E-state index in [0.717, 1.165) is 6.42 Å². The van der Waals surface area contributed by atoms with Crippen molar-refractivity contribution in [2.45, 2.75) is 41.0 Å². The normalized spacial score (nSPS) is 14.4. The van der Waals surface area contributed by atoms with Crippen LogP contribution >= 0.6 is 0 Å². The molecule has 0 unspecified atom stereocenters. The van der Waals surface area contributed by atoms with E-state index in [1.165, 1.54) is 11.1 Å². The maximum Gasteiger partial charge on any atom is -0.0285 e. The number of hydrogen-bond donors (Lipinski definition) is 0. The Hall–Kier alpha value is -0.520. The van der Waals surface area contributed by atoms with Crippen molar-refractivity contribution in [2.75, 3.05) is 0 Å². The average Bonchev–Trinajstić information content (AvgIpc) is 1.98. The van der Waals surface area contributed by atoms with Gasteiger partial charge in [0.1, 0.15) is 0 Å². The van der Waals surface area contributed by atoms with Crippen molar-refractivity contribution >= 4 is 0 Å². The van der Waals surface area contributed by atoms with E-state index in [-0.39, 0.29) is 0 Å². The van der Waals surface area contributed by atoms with Gasteiger partial charge in [-0.3, -0.25) is 0 Å². The summed E-state index contributed by atoms with van der Waals surface area (Å²) in [6, 6.07) is 0. The Morgan fingerprint density at radius 3 is 2.18 bits per heavy atom. The van der Waals surface area contributed by atoms with E-state index in [0.29, 0.717) is 5.92 Å². The molecule has 0 amide bonds. The Bertz CT molecular complexity index is 159. The largest absolute Gasteiger partial charge is 0.0845 e. The summed E-state index contributed by atoms with van der Waals surface area (Å²) < 4.78 is 0. The summed E-state index contributed by atoms with van der Waals surface area (Å²) in [5, 5.41) is 0. The first kappa shape index (κ1) is 10.5. The van der Waals surface area contributed by atoms with Gasteiger partial charge in [-0.2, -0.15) is 0 Å². The van der Waals surface area contributed by atoms with E-state index in [4.69, 9.17) is 0 Å². The first-order valence-corrected chi connectivity index (χ1v) is 4.45. The summed E-state index contributed by atoms with van der Waals surface area (Å²) in [6.07, 6.45) is 5.67. The predicted octanol–water partition coefficient (Wildman–Crippen LogP) is 3.95. The van der Waals surface area contributed by atoms with E-state index >= 15 is 0 Å². The van der Waals surface area contributed by atoms with Gasteiger partial charge in [-0.1, -0.05) is 38.5 Å². The molecule has 0 saturated carbocycles. The van der Waals surface area contributed by atoms with E-state index < -0.39 is 0 Å². The van der Waals surface area contributed by atoms with Crippen LogP contribution in [0.5, 0.6) is 0 Å². The summed E-state index contributed by atoms with van der Waals surface area (Å²) in [7, 11) is 0. The Morgan fingerprint density at radius 1 is 1.36 bits per heavy atom. The molecule has 0 aliphatic carbocycles. The number of hydrogen-bond acceptors (Lipinski definition) is 0. The quantitative estimate of drug-likeness (QED) is 0.537. The van der Waals surface area contributed by atoms with Crippen molar-refractivity contribution in [1.29, 1.82) is 0 Å². The summed E-state index contributed by atoms with van der Waals surface area (Å²) in [6.45, 7) is 10.9. The van der Waals surface area contributed by atoms with Gasteiger partial charge in [-0.05, 0) is 31.8 Å². The average molecular weight is 152 g/mol. The fourth-order valence-electron chi connectivity index (χ4n) is 1.12. The van der Waals surface area contributed by atoms with Gasteiger partial charge in [0.15, 0.2) is 0 Å². The van der Waals surface area contributed by atoms with Crippen LogP contribution in [0, 0.1) is 5.92 Å². The minimum atomic E-state index is 0.667. The molecular weight excluding hydrogens is 132 g/mol. The molecule has 0 aliphatic rings. The van der Waals surface area contributed by atoms with Crippen LogP contribution in [0.1, 0.15) is 41.0 Å². The first-order valence-electron chi connectivity index (χ1n) is 4.45. The van der Waals surface area contributed by atoms with Gasteiger partial charge in [-0.15, -0.1) is 0 Å². The predicted molar refractivity (Wildman–Crippen MR) is 52.6 cm³/mol. The van der Waals surface area contributed by atoms with Gasteiger partial charge in [0.2, 0.25) is 0 Å². The Morgan fingerprint density at radius 2 is 1.91 bits per heavy atom. The maximum absolute atomic E-state index is 2.34. The zero-order chi connectivity index (χ0) is 8.85. The van der Waals surface area contributed by atoms with Gasteiger partial charge < -0.3 is 0 Å². The second-order valence-corrected chi connectivity index (χ2v) is 3.26. The third kappa shape index (κ3) is 4.02. The maximum atomic E-state index is 2.34. The molecule has 0 heteroatoms. The van der Waals surface area contributed by atoms with E-state index in [2.05, 4.69) is 46.8 Å². The van der Waals surface area contributed by atoms with Crippen molar-refractivity contribution < 1.29 is 0 Å². The smallest absolute Gasteiger partial charge is 0.0285 e. The summed E-state index contributed by atoms with van der Waals surface area (Å²) in [4.78, 5) is 0. The molecule has 0 aromatic carbocycles. The lowest BCUT2D eigenvalue weighted by molar-refractivity contribution is 0.815. The Balaban J connectivity index is 4.40. The van der Waals surface area contributed by atoms with Gasteiger partial charge in [0.25, 0.3) is 0 Å². The topological polar surface area (TPSA) is 0 Å². The second kappa shape index (κ2) is 5.17. The van der Waals surface area contributed by atoms with Crippen LogP contribution in [0.4, 0.5) is 0 Å². The van der Waals surface area contributed by atoms with Crippen LogP contribution in [-0.4, -0.2) is 0 Å². The molecule has 0 rings (SSSR count). The van der Waals surface area contributed by atoms with Gasteiger partial charge in [0, 0.05) is 0 Å². The highest BCUT2D eigenvalue weighted by atomic mass is 14.0. The fraction of sp³-hybridized carbons (Fsp3) is 0.636. The fourth-order valence-corrected chi connectivity index (χ4v) is 1.12. The Labute approximate surface area is 71.0 Å². The van der Waals surface area contributed by atoms with Crippen LogP contribution in [0.3, 0.4) is 0 Å². The lowest BCUT2D eigenvalue weighted by Crippen LogP contribution is -1.88. The highest BCUT2D eigenvalue weighted by molar-refractivity contribution is 5.28. The standard InChI is InChI=1S/C11H20/c1-6-10(5)11(7-2)8-9(3)4/h6,8-9H,7H2,1-5H3/b10-6-,11-8-. The van der Waals surface area contributed by atoms with Crippen LogP contribution in [-0.2, 0) is 0 Å². The molecule has 11 heavy (non-hydrogen) atoms. The van der Waals surface area contributed by atoms with Gasteiger partial charge >= 0.3 is 0 Å². The molecule has 0 aromatic heterocycles. The summed E-state index contributed by atoms with van der Waals surface area (Å²) in [5.41, 5.74) is 2.91. The van der Waals surface area contributed by atoms with Crippen molar-refractivity contribution in [3.63, 3.8) is 0 Å². The van der Waals surface area contributed by atoms with E-state index in [1.807, 2.05) is 0 Å². The molecular formula is C11H20. The second-order valence-electron chi connectivity index (χ2n) is 3.26. The summed E-state index contributed by atoms with van der Waals surface area (Å²) in [5.74, 6) is 0.667. The summed E-state index contributed by atoms with van der Waals surface area (Å²) >= 11 is 0. The minimum absolute atomic E-state index is 0.667. The molecule has 0 bridgehead atoms. The van der Waals surface area contributed by atoms with E-state index in [9.17, 15) is 0 Å². The lowest BCUT2D eigenvalue weighted by atomic mass is 10.0. The number of rotatable bonds is 3. The molecule has 0 N–H and O–H groups in total. The molecule has 0 nitrogen and oxygen atoms in total. The highest BCUT2D eigenvalue weighted by Gasteiger charge is 1.96. The van der Waals surface area contributed by atoms with Gasteiger partial charge in [0.05, 0.1) is 0 Å². The third-order valence-corrected chi connectivity index (χ3v) is 1.85. The first-order chi connectivity index (χ1) is 5.11. The molecule has 0 radical (unpaired) electrons. The molecule has 0 fully saturated rings. The molecule has 0 aliphatic heterocycles.